The Morgan fingerprint density at radius 3 is 2.75 bits per heavy atom. The minimum atomic E-state index is -0.696. The number of carbonyl (C=O) groups is 2. The van der Waals surface area contributed by atoms with Gasteiger partial charge in [0.25, 0.3) is 0 Å². The molecule has 2 amide bonds. The minimum absolute atomic E-state index is 0.391. The van der Waals surface area contributed by atoms with E-state index in [1.54, 1.807) is 18.3 Å². The summed E-state index contributed by atoms with van der Waals surface area (Å²) in [6.07, 6.45) is 3.74. The van der Waals surface area contributed by atoms with E-state index in [1.165, 1.54) is 6.20 Å². The van der Waals surface area contributed by atoms with E-state index in [4.69, 9.17) is 0 Å². The first kappa shape index (κ1) is 15.7. The molecule has 0 aliphatic carbocycles. The van der Waals surface area contributed by atoms with Crippen LogP contribution in [0.3, 0.4) is 0 Å². The third-order valence-corrected chi connectivity index (χ3v) is 3.81. The fourth-order valence-corrected chi connectivity index (χ4v) is 2.66. The molecule has 3 N–H and O–H groups in total. The number of fused-ring (bicyclic) bond motifs is 1. The Balaban J connectivity index is 1.56. The molecule has 0 fully saturated rings. The van der Waals surface area contributed by atoms with Crippen LogP contribution in [0.4, 0.5) is 5.69 Å². The number of hydrogen-bond acceptors (Lipinski definition) is 3. The molecule has 0 unspecified atom stereocenters. The van der Waals surface area contributed by atoms with Crippen LogP contribution in [-0.2, 0) is 16.0 Å². The van der Waals surface area contributed by atoms with E-state index >= 15 is 0 Å². The Labute approximate surface area is 139 Å². The Kier molecular flexibility index (Phi) is 4.56. The van der Waals surface area contributed by atoms with Gasteiger partial charge in [0, 0.05) is 29.3 Å². The number of carbonyl (C=O) groups excluding carboxylic acids is 2. The summed E-state index contributed by atoms with van der Waals surface area (Å²) in [5.41, 5.74) is 3.79. The Hall–Kier alpha value is -3.15. The average Bonchev–Trinajstić information content (AvgIpc) is 2.91. The van der Waals surface area contributed by atoms with E-state index in [9.17, 15) is 9.59 Å². The number of aromatic nitrogens is 2. The number of para-hydroxylation sites is 1. The van der Waals surface area contributed by atoms with Crippen molar-refractivity contribution in [1.29, 1.82) is 0 Å². The molecular formula is C18H18N4O2. The fourth-order valence-electron chi connectivity index (χ4n) is 2.66. The summed E-state index contributed by atoms with van der Waals surface area (Å²) in [7, 11) is 0. The number of amides is 2. The highest BCUT2D eigenvalue weighted by molar-refractivity contribution is 6.39. The smallest absolute Gasteiger partial charge is 0.313 e. The zero-order chi connectivity index (χ0) is 16.9. The van der Waals surface area contributed by atoms with Gasteiger partial charge in [-0.1, -0.05) is 18.2 Å². The maximum atomic E-state index is 11.9. The van der Waals surface area contributed by atoms with Gasteiger partial charge >= 0.3 is 11.8 Å². The largest absolute Gasteiger partial charge is 0.358 e. The van der Waals surface area contributed by atoms with E-state index in [0.717, 1.165) is 22.2 Å². The number of nitrogens with one attached hydrogen (secondary N) is 3. The number of rotatable bonds is 4. The van der Waals surface area contributed by atoms with Crippen molar-refractivity contribution in [2.24, 2.45) is 0 Å². The Morgan fingerprint density at radius 1 is 1.12 bits per heavy atom. The number of H-pyrrole nitrogens is 1. The predicted molar refractivity (Wildman–Crippen MR) is 92.6 cm³/mol. The van der Waals surface area contributed by atoms with E-state index in [2.05, 4.69) is 20.6 Å². The van der Waals surface area contributed by atoms with Crippen LogP contribution in [-0.4, -0.2) is 28.3 Å². The van der Waals surface area contributed by atoms with Gasteiger partial charge in [-0.05, 0) is 37.1 Å². The normalized spacial score (nSPS) is 10.5. The number of aromatic amines is 1. The molecule has 2 heterocycles. The number of aryl methyl sites for hydroxylation is 1. The van der Waals surface area contributed by atoms with E-state index in [0.29, 0.717) is 18.7 Å². The fraction of sp³-hybridized carbons (Fsp3) is 0.167. The van der Waals surface area contributed by atoms with Gasteiger partial charge < -0.3 is 15.6 Å². The lowest BCUT2D eigenvalue weighted by Gasteiger charge is -2.06. The minimum Gasteiger partial charge on any atom is -0.358 e. The Morgan fingerprint density at radius 2 is 1.96 bits per heavy atom. The molecule has 0 saturated heterocycles. The van der Waals surface area contributed by atoms with E-state index in [1.807, 2.05) is 31.2 Å². The summed E-state index contributed by atoms with van der Waals surface area (Å²) in [6.45, 7) is 2.40. The molecule has 122 valence electrons. The SMILES string of the molecule is Cc1[nH]c2ccccc2c1CCNC(=O)C(=O)Nc1cccnc1. The van der Waals surface area contributed by atoms with Crippen molar-refractivity contribution in [2.45, 2.75) is 13.3 Å². The summed E-state index contributed by atoms with van der Waals surface area (Å²) >= 11 is 0. The molecule has 24 heavy (non-hydrogen) atoms. The molecule has 0 saturated carbocycles. The first-order valence-electron chi connectivity index (χ1n) is 7.70. The molecule has 0 bridgehead atoms. The van der Waals surface area contributed by atoms with Gasteiger partial charge in [0.15, 0.2) is 0 Å². The summed E-state index contributed by atoms with van der Waals surface area (Å²) in [4.78, 5) is 30.9. The monoisotopic (exact) mass is 322 g/mol. The maximum Gasteiger partial charge on any atom is 0.313 e. The first-order valence-corrected chi connectivity index (χ1v) is 7.70. The molecule has 2 aromatic heterocycles. The van der Waals surface area contributed by atoms with Crippen molar-refractivity contribution in [1.82, 2.24) is 15.3 Å². The number of anilines is 1. The van der Waals surface area contributed by atoms with Crippen molar-refractivity contribution in [3.63, 3.8) is 0 Å². The van der Waals surface area contributed by atoms with E-state index in [-0.39, 0.29) is 0 Å². The van der Waals surface area contributed by atoms with Crippen LogP contribution in [0.1, 0.15) is 11.3 Å². The molecule has 0 spiro atoms. The molecular weight excluding hydrogens is 304 g/mol. The first-order chi connectivity index (χ1) is 11.6. The lowest BCUT2D eigenvalue weighted by molar-refractivity contribution is -0.136. The summed E-state index contributed by atoms with van der Waals surface area (Å²) in [6, 6.07) is 11.4. The standard InChI is InChI=1S/C18H18N4O2/c1-12-14(15-6-2-3-7-16(15)21-12)8-10-20-17(23)18(24)22-13-5-4-9-19-11-13/h2-7,9,11,21H,8,10H2,1H3,(H,20,23)(H,22,24). The van der Waals surface area contributed by atoms with Gasteiger partial charge in [0.2, 0.25) is 0 Å². The van der Waals surface area contributed by atoms with Crippen LogP contribution in [0.25, 0.3) is 10.9 Å². The predicted octanol–water partition coefficient (Wildman–Crippen LogP) is 2.17. The van der Waals surface area contributed by atoms with E-state index < -0.39 is 11.8 Å². The van der Waals surface area contributed by atoms with Crippen molar-refractivity contribution < 1.29 is 9.59 Å². The third kappa shape index (κ3) is 3.43. The van der Waals surface area contributed by atoms with Gasteiger partial charge in [-0.15, -0.1) is 0 Å². The molecule has 1 aromatic carbocycles. The average molecular weight is 322 g/mol. The maximum absolute atomic E-state index is 11.9. The highest BCUT2D eigenvalue weighted by Gasteiger charge is 2.14. The van der Waals surface area contributed by atoms with Crippen molar-refractivity contribution in [3.8, 4) is 0 Å². The summed E-state index contributed by atoms with van der Waals surface area (Å²) in [5.74, 6) is -1.35. The van der Waals surface area contributed by atoms with Crippen molar-refractivity contribution >= 4 is 28.4 Å². The van der Waals surface area contributed by atoms with Gasteiger partial charge in [-0.2, -0.15) is 0 Å². The molecule has 3 aromatic rings. The number of pyridine rings is 1. The molecule has 0 aliphatic heterocycles. The topological polar surface area (TPSA) is 86.9 Å². The van der Waals surface area contributed by atoms with Gasteiger partial charge in [0.1, 0.15) is 0 Å². The van der Waals surface area contributed by atoms with Crippen LogP contribution in [0.2, 0.25) is 0 Å². The zero-order valence-corrected chi connectivity index (χ0v) is 13.3. The number of benzene rings is 1. The van der Waals surface area contributed by atoms with Crippen molar-refractivity contribution in [3.05, 3.63) is 60.0 Å². The van der Waals surface area contributed by atoms with Crippen LogP contribution in [0, 0.1) is 6.92 Å². The second-order valence-corrected chi connectivity index (χ2v) is 5.48. The molecule has 3 rings (SSSR count). The third-order valence-electron chi connectivity index (χ3n) is 3.81. The Bertz CT molecular complexity index is 871. The van der Waals surface area contributed by atoms with Crippen LogP contribution < -0.4 is 10.6 Å². The highest BCUT2D eigenvalue weighted by atomic mass is 16.2. The van der Waals surface area contributed by atoms with Crippen molar-refractivity contribution in [2.75, 3.05) is 11.9 Å². The molecule has 6 heteroatoms. The summed E-state index contributed by atoms with van der Waals surface area (Å²) in [5, 5.41) is 6.30. The number of nitrogens with zero attached hydrogens (tertiary/aromatic N) is 1. The second-order valence-electron chi connectivity index (χ2n) is 5.48. The lowest BCUT2D eigenvalue weighted by atomic mass is 10.1. The van der Waals surface area contributed by atoms with Gasteiger partial charge in [-0.3, -0.25) is 14.6 Å². The van der Waals surface area contributed by atoms with Gasteiger partial charge in [0.05, 0.1) is 11.9 Å². The molecule has 0 aliphatic rings. The van der Waals surface area contributed by atoms with Crippen LogP contribution >= 0.6 is 0 Å². The van der Waals surface area contributed by atoms with Crippen LogP contribution in [0.5, 0.6) is 0 Å². The molecule has 0 atom stereocenters. The number of hydrogen-bond donors (Lipinski definition) is 3. The quantitative estimate of drug-likeness (QED) is 0.643. The zero-order valence-electron chi connectivity index (χ0n) is 13.3. The van der Waals surface area contributed by atoms with Gasteiger partial charge in [-0.25, -0.2) is 0 Å². The summed E-state index contributed by atoms with van der Waals surface area (Å²) < 4.78 is 0. The lowest BCUT2D eigenvalue weighted by Crippen LogP contribution is -2.36. The second kappa shape index (κ2) is 6.95. The molecule has 6 nitrogen and oxygen atoms in total. The molecule has 0 radical (unpaired) electrons. The highest BCUT2D eigenvalue weighted by Crippen LogP contribution is 2.21. The van der Waals surface area contributed by atoms with Crippen LogP contribution in [0.15, 0.2) is 48.8 Å².